The lowest BCUT2D eigenvalue weighted by molar-refractivity contribution is -0.133. The topological polar surface area (TPSA) is 40.6 Å². The number of hydrogen-bond donors (Lipinski definition) is 0. The molecule has 0 aliphatic heterocycles. The highest BCUT2D eigenvalue weighted by Gasteiger charge is 2.22. The lowest BCUT2D eigenvalue weighted by atomic mass is 10.1. The zero-order valence-electron chi connectivity index (χ0n) is 15.4. The summed E-state index contributed by atoms with van der Waals surface area (Å²) >= 11 is 0. The second kappa shape index (κ2) is 8.47. The molecule has 2 amide bonds. The third-order valence-electron chi connectivity index (χ3n) is 4.16. The molecule has 0 bridgehead atoms. The standard InChI is InChI=1S/C21H26N2O2/c1-16(2)22(14-19-8-6-5-7-9-19)21(25)15-23(18(4)24)20-12-10-17(3)11-13-20/h5-13,16H,14-15H2,1-4H3. The number of carbonyl (C=O) groups excluding carboxylic acids is 2. The van der Waals surface area contributed by atoms with Crippen molar-refractivity contribution in [3.05, 3.63) is 65.7 Å². The fourth-order valence-corrected chi connectivity index (χ4v) is 2.67. The summed E-state index contributed by atoms with van der Waals surface area (Å²) in [6.45, 7) is 8.05. The summed E-state index contributed by atoms with van der Waals surface area (Å²) in [7, 11) is 0. The molecule has 0 aliphatic rings. The Bertz CT molecular complexity index is 708. The molecule has 0 spiro atoms. The molecule has 2 aromatic carbocycles. The molecule has 25 heavy (non-hydrogen) atoms. The maximum Gasteiger partial charge on any atom is 0.243 e. The Kier molecular flexibility index (Phi) is 6.34. The molecule has 0 aliphatic carbocycles. The molecule has 0 aromatic heterocycles. The van der Waals surface area contributed by atoms with Crippen molar-refractivity contribution in [1.82, 2.24) is 4.90 Å². The fourth-order valence-electron chi connectivity index (χ4n) is 2.67. The Hall–Kier alpha value is -2.62. The van der Waals surface area contributed by atoms with E-state index < -0.39 is 0 Å². The number of amides is 2. The first kappa shape index (κ1) is 18.7. The minimum atomic E-state index is -0.138. The largest absolute Gasteiger partial charge is 0.334 e. The molecule has 0 unspecified atom stereocenters. The van der Waals surface area contributed by atoms with Gasteiger partial charge in [0.05, 0.1) is 0 Å². The quantitative estimate of drug-likeness (QED) is 0.804. The van der Waals surface area contributed by atoms with Crippen LogP contribution in [-0.2, 0) is 16.1 Å². The average molecular weight is 338 g/mol. The van der Waals surface area contributed by atoms with Crippen molar-refractivity contribution in [2.45, 2.75) is 40.3 Å². The molecule has 0 radical (unpaired) electrons. The van der Waals surface area contributed by atoms with Crippen LogP contribution >= 0.6 is 0 Å². The van der Waals surface area contributed by atoms with E-state index >= 15 is 0 Å². The van der Waals surface area contributed by atoms with E-state index in [2.05, 4.69) is 0 Å². The summed E-state index contributed by atoms with van der Waals surface area (Å²) in [5, 5.41) is 0. The van der Waals surface area contributed by atoms with Gasteiger partial charge in [0.25, 0.3) is 0 Å². The van der Waals surface area contributed by atoms with Crippen molar-refractivity contribution in [2.24, 2.45) is 0 Å². The van der Waals surface area contributed by atoms with Crippen molar-refractivity contribution in [3.63, 3.8) is 0 Å². The van der Waals surface area contributed by atoms with Gasteiger partial charge in [-0.3, -0.25) is 9.59 Å². The molecule has 4 nitrogen and oxygen atoms in total. The molecular formula is C21H26N2O2. The summed E-state index contributed by atoms with van der Waals surface area (Å²) in [5.74, 6) is -0.199. The Labute approximate surface area is 150 Å². The average Bonchev–Trinajstić information content (AvgIpc) is 2.58. The second-order valence-corrected chi connectivity index (χ2v) is 6.54. The van der Waals surface area contributed by atoms with E-state index in [4.69, 9.17) is 0 Å². The van der Waals surface area contributed by atoms with Gasteiger partial charge in [-0.2, -0.15) is 0 Å². The van der Waals surface area contributed by atoms with Crippen LogP contribution in [0.1, 0.15) is 31.9 Å². The highest BCUT2D eigenvalue weighted by Crippen LogP contribution is 2.17. The number of nitrogens with zero attached hydrogens (tertiary/aromatic N) is 2. The molecule has 132 valence electrons. The molecule has 0 saturated heterocycles. The highest BCUT2D eigenvalue weighted by molar-refractivity contribution is 5.97. The minimum absolute atomic E-state index is 0.0450. The lowest BCUT2D eigenvalue weighted by Crippen LogP contribution is -2.44. The maximum atomic E-state index is 12.9. The second-order valence-electron chi connectivity index (χ2n) is 6.54. The molecule has 0 atom stereocenters. The van der Waals surface area contributed by atoms with Crippen LogP contribution in [0.5, 0.6) is 0 Å². The molecular weight excluding hydrogens is 312 g/mol. The Balaban J connectivity index is 2.17. The van der Waals surface area contributed by atoms with Gasteiger partial charge >= 0.3 is 0 Å². The van der Waals surface area contributed by atoms with Crippen molar-refractivity contribution >= 4 is 17.5 Å². The van der Waals surface area contributed by atoms with Crippen LogP contribution in [-0.4, -0.2) is 29.3 Å². The van der Waals surface area contributed by atoms with Crippen molar-refractivity contribution < 1.29 is 9.59 Å². The van der Waals surface area contributed by atoms with E-state index in [1.54, 1.807) is 4.90 Å². The zero-order chi connectivity index (χ0) is 18.4. The first-order chi connectivity index (χ1) is 11.9. The van der Waals surface area contributed by atoms with E-state index in [1.807, 2.05) is 75.4 Å². The predicted molar refractivity (Wildman–Crippen MR) is 101 cm³/mol. The molecule has 2 aromatic rings. The number of aryl methyl sites for hydroxylation is 1. The monoisotopic (exact) mass is 338 g/mol. The Morgan fingerprint density at radius 1 is 0.960 bits per heavy atom. The van der Waals surface area contributed by atoms with Crippen LogP contribution in [0.25, 0.3) is 0 Å². The van der Waals surface area contributed by atoms with Gasteiger partial charge in [-0.25, -0.2) is 0 Å². The van der Waals surface area contributed by atoms with Crippen LogP contribution in [0.4, 0.5) is 5.69 Å². The van der Waals surface area contributed by atoms with Crippen LogP contribution in [0.15, 0.2) is 54.6 Å². The van der Waals surface area contributed by atoms with E-state index in [0.717, 1.165) is 16.8 Å². The number of anilines is 1. The smallest absolute Gasteiger partial charge is 0.243 e. The van der Waals surface area contributed by atoms with E-state index in [-0.39, 0.29) is 24.4 Å². The van der Waals surface area contributed by atoms with E-state index in [9.17, 15) is 9.59 Å². The van der Waals surface area contributed by atoms with Gasteiger partial charge in [0, 0.05) is 25.2 Å². The van der Waals surface area contributed by atoms with Gasteiger partial charge in [-0.15, -0.1) is 0 Å². The predicted octanol–water partition coefficient (Wildman–Crippen LogP) is 3.79. The van der Waals surface area contributed by atoms with Gasteiger partial charge in [-0.1, -0.05) is 48.0 Å². The van der Waals surface area contributed by atoms with Crippen molar-refractivity contribution in [2.75, 3.05) is 11.4 Å². The van der Waals surface area contributed by atoms with Gasteiger partial charge in [0.2, 0.25) is 11.8 Å². The van der Waals surface area contributed by atoms with Crippen LogP contribution in [0.3, 0.4) is 0 Å². The minimum Gasteiger partial charge on any atom is -0.334 e. The van der Waals surface area contributed by atoms with Crippen molar-refractivity contribution in [3.8, 4) is 0 Å². The molecule has 0 saturated carbocycles. The third kappa shape index (κ3) is 5.18. The van der Waals surface area contributed by atoms with Crippen LogP contribution < -0.4 is 4.90 Å². The highest BCUT2D eigenvalue weighted by atomic mass is 16.2. The van der Waals surface area contributed by atoms with E-state index in [1.165, 1.54) is 11.8 Å². The third-order valence-corrected chi connectivity index (χ3v) is 4.16. The van der Waals surface area contributed by atoms with Gasteiger partial charge in [0.15, 0.2) is 0 Å². The van der Waals surface area contributed by atoms with Crippen LogP contribution in [0.2, 0.25) is 0 Å². The molecule has 4 heteroatoms. The molecule has 0 heterocycles. The Morgan fingerprint density at radius 3 is 2.08 bits per heavy atom. The molecule has 0 N–H and O–H groups in total. The van der Waals surface area contributed by atoms with Gasteiger partial charge < -0.3 is 9.80 Å². The SMILES string of the molecule is CC(=O)N(CC(=O)N(Cc1ccccc1)C(C)C)c1ccc(C)cc1. The zero-order valence-corrected chi connectivity index (χ0v) is 15.4. The first-order valence-corrected chi connectivity index (χ1v) is 8.56. The number of carbonyl (C=O) groups is 2. The van der Waals surface area contributed by atoms with Crippen LogP contribution in [0, 0.1) is 6.92 Å². The summed E-state index contributed by atoms with van der Waals surface area (Å²) in [5.41, 5.74) is 2.94. The van der Waals surface area contributed by atoms with Gasteiger partial charge in [0.1, 0.15) is 6.54 Å². The summed E-state index contributed by atoms with van der Waals surface area (Å²) in [6.07, 6.45) is 0. The first-order valence-electron chi connectivity index (χ1n) is 8.56. The number of benzene rings is 2. The molecule has 0 fully saturated rings. The summed E-state index contributed by atoms with van der Waals surface area (Å²) in [4.78, 5) is 28.3. The van der Waals surface area contributed by atoms with E-state index in [0.29, 0.717) is 6.54 Å². The number of hydrogen-bond acceptors (Lipinski definition) is 2. The van der Waals surface area contributed by atoms with Gasteiger partial charge in [-0.05, 0) is 38.5 Å². The lowest BCUT2D eigenvalue weighted by Gasteiger charge is -2.30. The molecule has 2 rings (SSSR count). The fraction of sp³-hybridized carbons (Fsp3) is 0.333. The normalized spacial score (nSPS) is 10.6. The van der Waals surface area contributed by atoms with Crippen molar-refractivity contribution in [1.29, 1.82) is 0 Å². The Morgan fingerprint density at radius 2 is 1.56 bits per heavy atom. The number of rotatable bonds is 6. The summed E-state index contributed by atoms with van der Waals surface area (Å²) in [6, 6.07) is 17.6. The summed E-state index contributed by atoms with van der Waals surface area (Å²) < 4.78 is 0. The maximum absolute atomic E-state index is 12.9.